The Kier molecular flexibility index (Phi) is 12.1. The monoisotopic (exact) mass is 547 g/mol. The van der Waals surface area contributed by atoms with Crippen molar-refractivity contribution in [2.24, 2.45) is 5.92 Å². The summed E-state index contributed by atoms with van der Waals surface area (Å²) in [7, 11) is 4.77. The van der Waals surface area contributed by atoms with Gasteiger partial charge < -0.3 is 34.9 Å². The van der Waals surface area contributed by atoms with Gasteiger partial charge in [0.25, 0.3) is 5.91 Å². The summed E-state index contributed by atoms with van der Waals surface area (Å²) in [6.45, 7) is 2.55. The van der Waals surface area contributed by atoms with Gasteiger partial charge in [-0.15, -0.1) is 0 Å². The number of ether oxygens (including phenoxy) is 4. The third-order valence-corrected chi connectivity index (χ3v) is 6.75. The lowest BCUT2D eigenvalue weighted by atomic mass is 9.94. The number of nitrogens with one attached hydrogen (secondary N) is 3. The number of benzene rings is 2. The smallest absolute Gasteiger partial charge is 0.406 e. The van der Waals surface area contributed by atoms with Gasteiger partial charge in [0.05, 0.1) is 20.8 Å². The molecule has 2 amide bonds. The van der Waals surface area contributed by atoms with E-state index in [4.69, 9.17) is 25.8 Å². The molecule has 0 bridgehead atoms. The Bertz CT molecular complexity index is 1050. The highest BCUT2D eigenvalue weighted by molar-refractivity contribution is 6.30. The van der Waals surface area contributed by atoms with Gasteiger partial charge in [0.2, 0.25) is 0 Å². The van der Waals surface area contributed by atoms with Crippen LogP contribution < -0.4 is 20.7 Å². The first-order chi connectivity index (χ1) is 18.4. The summed E-state index contributed by atoms with van der Waals surface area (Å²) in [6.07, 6.45) is 2.07. The van der Waals surface area contributed by atoms with Crippen molar-refractivity contribution in [3.8, 4) is 5.75 Å². The predicted molar refractivity (Wildman–Crippen MR) is 146 cm³/mol. The second kappa shape index (κ2) is 15.5. The highest BCUT2D eigenvalue weighted by Gasteiger charge is 2.22. The van der Waals surface area contributed by atoms with Crippen molar-refractivity contribution in [3.63, 3.8) is 0 Å². The second-order valence-corrected chi connectivity index (χ2v) is 9.67. The van der Waals surface area contributed by atoms with Crippen molar-refractivity contribution in [1.29, 1.82) is 0 Å². The van der Waals surface area contributed by atoms with Crippen LogP contribution in [0, 0.1) is 5.92 Å². The summed E-state index contributed by atoms with van der Waals surface area (Å²) in [5, 5.41) is 9.53. The lowest BCUT2D eigenvalue weighted by Gasteiger charge is -2.26. The maximum atomic E-state index is 13.2. The average molecular weight is 548 g/mol. The van der Waals surface area contributed by atoms with Crippen molar-refractivity contribution >= 4 is 23.6 Å². The SMILES string of the molecule is CN[C@H](CNC(=O)c1cc(OC)cc(C(OCCNC(=O)OC)c2cccc(Cl)c2)c1)C[C@H]1CCCOC1. The summed E-state index contributed by atoms with van der Waals surface area (Å²) >= 11 is 6.26. The molecule has 3 N–H and O–H groups in total. The largest absolute Gasteiger partial charge is 0.497 e. The Morgan fingerprint density at radius 1 is 1.13 bits per heavy atom. The Balaban J connectivity index is 1.75. The van der Waals surface area contributed by atoms with E-state index in [0.29, 0.717) is 28.8 Å². The third-order valence-electron chi connectivity index (χ3n) is 6.51. The number of alkyl carbamates (subject to hydrolysis) is 1. The van der Waals surface area contributed by atoms with E-state index in [2.05, 4.69) is 20.7 Å². The van der Waals surface area contributed by atoms with Crippen LogP contribution in [-0.4, -0.2) is 72.2 Å². The van der Waals surface area contributed by atoms with Gasteiger partial charge in [-0.3, -0.25) is 4.79 Å². The molecule has 1 heterocycles. The number of methoxy groups -OCH3 is 2. The zero-order valence-electron chi connectivity index (χ0n) is 22.3. The zero-order chi connectivity index (χ0) is 27.3. The van der Waals surface area contributed by atoms with Gasteiger partial charge in [-0.25, -0.2) is 4.79 Å². The van der Waals surface area contributed by atoms with E-state index in [-0.39, 0.29) is 25.1 Å². The number of rotatable bonds is 13. The summed E-state index contributed by atoms with van der Waals surface area (Å²) in [5.74, 6) is 0.814. The molecule has 1 aliphatic rings. The summed E-state index contributed by atoms with van der Waals surface area (Å²) in [5.41, 5.74) is 1.98. The predicted octanol–water partition coefficient (Wildman–Crippen LogP) is 3.95. The molecule has 38 heavy (non-hydrogen) atoms. The second-order valence-electron chi connectivity index (χ2n) is 9.23. The van der Waals surface area contributed by atoms with Gasteiger partial charge in [-0.1, -0.05) is 23.7 Å². The van der Waals surface area contributed by atoms with Gasteiger partial charge in [-0.05, 0) is 73.7 Å². The molecule has 2 aromatic carbocycles. The van der Waals surface area contributed by atoms with Crippen molar-refractivity contribution in [2.45, 2.75) is 31.4 Å². The first-order valence-corrected chi connectivity index (χ1v) is 13.2. The van der Waals surface area contributed by atoms with E-state index < -0.39 is 12.2 Å². The van der Waals surface area contributed by atoms with Crippen molar-refractivity contribution < 1.29 is 28.5 Å². The van der Waals surface area contributed by atoms with E-state index in [0.717, 1.165) is 43.6 Å². The maximum absolute atomic E-state index is 13.2. The van der Waals surface area contributed by atoms with Crippen molar-refractivity contribution in [1.82, 2.24) is 16.0 Å². The standard InChI is InChI=1S/C28H38ClN3O6/c1-30-24(12-19-6-5-10-37-18-19)17-32-27(33)22-13-21(15-25(16-22)35-2)26(20-7-4-8-23(29)14-20)38-11-9-31-28(34)36-3/h4,7-8,13-16,19,24,26,30H,5-6,9-12,17-18H2,1-3H3,(H,31,34)(H,32,33)/t19-,24+,26?/m1/s1. The van der Waals surface area contributed by atoms with Gasteiger partial charge in [-0.2, -0.15) is 0 Å². The van der Waals surface area contributed by atoms with Gasteiger partial charge in [0.15, 0.2) is 0 Å². The maximum Gasteiger partial charge on any atom is 0.406 e. The first-order valence-electron chi connectivity index (χ1n) is 12.8. The molecule has 1 saturated heterocycles. The Morgan fingerprint density at radius 3 is 2.66 bits per heavy atom. The number of halogens is 1. The van der Waals surface area contributed by atoms with Crippen molar-refractivity contribution in [3.05, 3.63) is 64.2 Å². The topological polar surface area (TPSA) is 107 Å². The molecule has 2 aromatic rings. The van der Waals surface area contributed by atoms with Crippen LogP contribution in [0.5, 0.6) is 5.75 Å². The average Bonchev–Trinajstić information content (AvgIpc) is 2.95. The van der Waals surface area contributed by atoms with Crippen LogP contribution in [0.25, 0.3) is 0 Å². The molecule has 208 valence electrons. The van der Waals surface area contributed by atoms with E-state index in [1.165, 1.54) is 7.11 Å². The van der Waals surface area contributed by atoms with Crippen LogP contribution in [0.3, 0.4) is 0 Å². The fourth-order valence-electron chi connectivity index (χ4n) is 4.50. The molecule has 0 spiro atoms. The van der Waals surface area contributed by atoms with E-state index in [1.807, 2.05) is 31.3 Å². The minimum Gasteiger partial charge on any atom is -0.497 e. The summed E-state index contributed by atoms with van der Waals surface area (Å²) in [4.78, 5) is 24.6. The van der Waals surface area contributed by atoms with Crippen LogP contribution >= 0.6 is 11.6 Å². The molecule has 0 aliphatic carbocycles. The first kappa shape index (κ1) is 29.7. The highest BCUT2D eigenvalue weighted by atomic mass is 35.5. The molecule has 0 radical (unpaired) electrons. The minimum absolute atomic E-state index is 0.139. The van der Waals surface area contributed by atoms with Crippen LogP contribution in [0.2, 0.25) is 5.02 Å². The number of amides is 2. The van der Waals surface area contributed by atoms with E-state index in [1.54, 1.807) is 25.3 Å². The molecule has 3 rings (SSSR count). The number of hydrogen-bond acceptors (Lipinski definition) is 7. The molecule has 10 heteroatoms. The van der Waals surface area contributed by atoms with Gasteiger partial charge >= 0.3 is 6.09 Å². The molecule has 1 fully saturated rings. The molecule has 9 nitrogen and oxygen atoms in total. The molecule has 0 saturated carbocycles. The number of carbonyl (C=O) groups is 2. The number of carbonyl (C=O) groups excluding carboxylic acids is 2. The normalized spacial score (nSPS) is 16.8. The number of hydrogen-bond donors (Lipinski definition) is 3. The quantitative estimate of drug-likeness (QED) is 0.326. The van der Waals surface area contributed by atoms with E-state index >= 15 is 0 Å². The van der Waals surface area contributed by atoms with Crippen LogP contribution in [0.15, 0.2) is 42.5 Å². The van der Waals surface area contributed by atoms with E-state index in [9.17, 15) is 9.59 Å². The molecule has 1 aliphatic heterocycles. The third kappa shape index (κ3) is 9.16. The summed E-state index contributed by atoms with van der Waals surface area (Å²) < 4.78 is 21.9. The fraction of sp³-hybridized carbons (Fsp3) is 0.500. The van der Waals surface area contributed by atoms with Crippen LogP contribution in [-0.2, 0) is 14.2 Å². The molecule has 1 unspecified atom stereocenters. The van der Waals surface area contributed by atoms with Gasteiger partial charge in [0.1, 0.15) is 11.9 Å². The van der Waals surface area contributed by atoms with Crippen molar-refractivity contribution in [2.75, 3.05) is 54.2 Å². The Morgan fingerprint density at radius 2 is 1.97 bits per heavy atom. The van der Waals surface area contributed by atoms with Crippen LogP contribution in [0.4, 0.5) is 4.79 Å². The molecular formula is C28H38ClN3O6. The Hall–Kier alpha value is -2.85. The van der Waals surface area contributed by atoms with Crippen LogP contribution in [0.1, 0.15) is 46.9 Å². The number of likely N-dealkylation sites (N-methyl/N-ethyl adjacent to an activating group) is 1. The fourth-order valence-corrected chi connectivity index (χ4v) is 4.69. The highest BCUT2D eigenvalue weighted by Crippen LogP contribution is 2.31. The molecule has 3 atom stereocenters. The van der Waals surface area contributed by atoms with Gasteiger partial charge in [0, 0.05) is 42.9 Å². The Labute approximate surface area is 229 Å². The molecular weight excluding hydrogens is 510 g/mol. The molecule has 0 aromatic heterocycles. The lowest BCUT2D eigenvalue weighted by molar-refractivity contribution is 0.0478. The lowest BCUT2D eigenvalue weighted by Crippen LogP contribution is -2.41. The minimum atomic E-state index is -0.550. The summed E-state index contributed by atoms with van der Waals surface area (Å²) in [6, 6.07) is 12.8. The zero-order valence-corrected chi connectivity index (χ0v) is 23.0.